The maximum absolute atomic E-state index is 9.44. The average molecular weight is 218 g/mol. The highest BCUT2D eigenvalue weighted by atomic mass is 16.3. The molecule has 2 rings (SSSR count). The third-order valence-electron chi connectivity index (χ3n) is 3.28. The number of aromatic hydroxyl groups is 1. The van der Waals surface area contributed by atoms with Crippen molar-refractivity contribution in [2.24, 2.45) is 5.92 Å². The topological polar surface area (TPSA) is 72.3 Å². The van der Waals surface area contributed by atoms with Gasteiger partial charge in [-0.05, 0) is 42.9 Å². The first-order valence-electron chi connectivity index (χ1n) is 5.66. The predicted molar refractivity (Wildman–Crippen MR) is 67.9 cm³/mol. The number of phenolic OH excluding ortho intramolecular Hbond substituents is 1. The fourth-order valence-corrected chi connectivity index (χ4v) is 2.11. The van der Waals surface area contributed by atoms with Gasteiger partial charge in [0.2, 0.25) is 0 Å². The number of benzene rings is 1. The Morgan fingerprint density at radius 1 is 1.25 bits per heavy atom. The Bertz CT molecular complexity index is 438. The minimum Gasteiger partial charge on any atom is -0.506 e. The molecule has 1 aromatic carbocycles. The number of anilines is 2. The number of nitrogen functional groups attached to an aromatic ring is 2. The molecule has 0 fully saturated rings. The molecule has 0 saturated heterocycles. The molecular weight excluding hydrogens is 200 g/mol. The Balaban J connectivity index is 2.38. The van der Waals surface area contributed by atoms with Crippen LogP contribution in [0.2, 0.25) is 0 Å². The van der Waals surface area contributed by atoms with E-state index in [1.54, 1.807) is 6.07 Å². The number of phenols is 1. The normalized spacial score (nSPS) is 20.6. The molecule has 86 valence electrons. The lowest BCUT2D eigenvalue weighted by Crippen LogP contribution is -2.04. The first-order valence-corrected chi connectivity index (χ1v) is 5.66. The molecule has 1 atom stereocenters. The first-order chi connectivity index (χ1) is 7.59. The lowest BCUT2D eigenvalue weighted by atomic mass is 9.87. The van der Waals surface area contributed by atoms with E-state index in [2.05, 4.69) is 13.0 Å². The van der Waals surface area contributed by atoms with Crippen LogP contribution in [0.5, 0.6) is 5.75 Å². The molecular formula is C13H18N2O. The molecule has 0 saturated carbocycles. The molecule has 3 heteroatoms. The van der Waals surface area contributed by atoms with Crippen LogP contribution >= 0.6 is 0 Å². The van der Waals surface area contributed by atoms with E-state index < -0.39 is 0 Å². The molecule has 1 aliphatic rings. The van der Waals surface area contributed by atoms with Crippen molar-refractivity contribution < 1.29 is 5.11 Å². The van der Waals surface area contributed by atoms with Gasteiger partial charge in [-0.3, -0.25) is 0 Å². The minimum absolute atomic E-state index is 0.0611. The van der Waals surface area contributed by atoms with Gasteiger partial charge in [0.1, 0.15) is 5.75 Å². The van der Waals surface area contributed by atoms with Crippen molar-refractivity contribution in [2.45, 2.75) is 26.2 Å². The summed E-state index contributed by atoms with van der Waals surface area (Å²) in [7, 11) is 0. The largest absolute Gasteiger partial charge is 0.506 e. The SMILES string of the molecule is CC1CC=C(c2ccc(O)c(N)c2N)CC1. The standard InChI is InChI=1S/C13H18N2O/c1-8-2-4-9(5-3-8)10-6-7-11(16)13(15)12(10)14/h4,6-8,16H,2-3,5,14-15H2,1H3. The van der Waals surface area contributed by atoms with Gasteiger partial charge in [-0.15, -0.1) is 0 Å². The summed E-state index contributed by atoms with van der Waals surface area (Å²) in [5.41, 5.74) is 14.7. The molecule has 0 amide bonds. The molecule has 1 unspecified atom stereocenters. The highest BCUT2D eigenvalue weighted by Crippen LogP contribution is 2.37. The second kappa shape index (κ2) is 4.08. The molecule has 1 aliphatic carbocycles. The van der Waals surface area contributed by atoms with Crippen LogP contribution in [0.1, 0.15) is 31.7 Å². The zero-order valence-electron chi connectivity index (χ0n) is 9.53. The van der Waals surface area contributed by atoms with Crippen molar-refractivity contribution in [3.63, 3.8) is 0 Å². The third kappa shape index (κ3) is 1.85. The van der Waals surface area contributed by atoms with Gasteiger partial charge in [-0.1, -0.05) is 13.0 Å². The van der Waals surface area contributed by atoms with Gasteiger partial charge in [0.15, 0.2) is 0 Å². The van der Waals surface area contributed by atoms with Crippen LogP contribution < -0.4 is 11.5 Å². The summed E-state index contributed by atoms with van der Waals surface area (Å²) in [4.78, 5) is 0. The van der Waals surface area contributed by atoms with Crippen LogP contribution in [0.4, 0.5) is 11.4 Å². The maximum Gasteiger partial charge on any atom is 0.140 e. The van der Waals surface area contributed by atoms with Crippen LogP contribution in [0.25, 0.3) is 5.57 Å². The van der Waals surface area contributed by atoms with Crippen molar-refractivity contribution in [3.8, 4) is 5.75 Å². The second-order valence-corrected chi connectivity index (χ2v) is 4.57. The zero-order valence-corrected chi connectivity index (χ0v) is 9.53. The summed E-state index contributed by atoms with van der Waals surface area (Å²) < 4.78 is 0. The Morgan fingerprint density at radius 2 is 2.00 bits per heavy atom. The van der Waals surface area contributed by atoms with Gasteiger partial charge < -0.3 is 16.6 Å². The summed E-state index contributed by atoms with van der Waals surface area (Å²) >= 11 is 0. The molecule has 0 aromatic heterocycles. The summed E-state index contributed by atoms with van der Waals surface area (Å²) in [6.45, 7) is 2.25. The summed E-state index contributed by atoms with van der Waals surface area (Å²) in [5, 5.41) is 9.44. The van der Waals surface area contributed by atoms with E-state index in [9.17, 15) is 5.11 Å². The van der Waals surface area contributed by atoms with Gasteiger partial charge in [0.25, 0.3) is 0 Å². The van der Waals surface area contributed by atoms with Crippen LogP contribution in [-0.2, 0) is 0 Å². The Kier molecular flexibility index (Phi) is 2.77. The number of rotatable bonds is 1. The van der Waals surface area contributed by atoms with Crippen molar-refractivity contribution in [1.82, 2.24) is 0 Å². The van der Waals surface area contributed by atoms with E-state index >= 15 is 0 Å². The molecule has 0 radical (unpaired) electrons. The van der Waals surface area contributed by atoms with Crippen molar-refractivity contribution in [1.29, 1.82) is 0 Å². The summed E-state index contributed by atoms with van der Waals surface area (Å²) in [6, 6.07) is 3.46. The number of hydrogen-bond acceptors (Lipinski definition) is 3. The fourth-order valence-electron chi connectivity index (χ4n) is 2.11. The molecule has 5 N–H and O–H groups in total. The molecule has 1 aromatic rings. The van der Waals surface area contributed by atoms with Crippen molar-refractivity contribution >= 4 is 16.9 Å². The van der Waals surface area contributed by atoms with E-state index in [1.807, 2.05) is 6.07 Å². The lowest BCUT2D eigenvalue weighted by molar-refractivity contribution is 0.478. The molecule has 0 heterocycles. The quantitative estimate of drug-likeness (QED) is 0.501. The number of hydrogen-bond donors (Lipinski definition) is 3. The Morgan fingerprint density at radius 3 is 2.62 bits per heavy atom. The van der Waals surface area contributed by atoms with E-state index in [0.29, 0.717) is 5.69 Å². The van der Waals surface area contributed by atoms with Gasteiger partial charge in [-0.2, -0.15) is 0 Å². The van der Waals surface area contributed by atoms with Crippen molar-refractivity contribution in [3.05, 3.63) is 23.8 Å². The summed E-state index contributed by atoms with van der Waals surface area (Å²) in [5.74, 6) is 0.811. The van der Waals surface area contributed by atoms with Crippen LogP contribution in [0.3, 0.4) is 0 Å². The summed E-state index contributed by atoms with van der Waals surface area (Å²) in [6.07, 6.45) is 5.55. The highest BCUT2D eigenvalue weighted by Gasteiger charge is 2.15. The number of nitrogens with two attached hydrogens (primary N) is 2. The average Bonchev–Trinajstić information content (AvgIpc) is 2.28. The highest BCUT2D eigenvalue weighted by molar-refractivity contribution is 5.85. The van der Waals surface area contributed by atoms with Crippen molar-refractivity contribution in [2.75, 3.05) is 11.5 Å². The van der Waals surface area contributed by atoms with E-state index in [4.69, 9.17) is 11.5 Å². The van der Waals surface area contributed by atoms with Crippen LogP contribution in [0, 0.1) is 5.92 Å². The molecule has 0 aliphatic heterocycles. The van der Waals surface area contributed by atoms with E-state index in [0.717, 1.165) is 24.3 Å². The lowest BCUT2D eigenvalue weighted by Gasteiger charge is -2.20. The van der Waals surface area contributed by atoms with E-state index in [1.165, 1.54) is 12.0 Å². The Labute approximate surface area is 95.8 Å². The molecule has 0 bridgehead atoms. The molecule has 0 spiro atoms. The number of allylic oxidation sites excluding steroid dienone is 2. The van der Waals surface area contributed by atoms with E-state index in [-0.39, 0.29) is 11.4 Å². The third-order valence-corrected chi connectivity index (χ3v) is 3.28. The van der Waals surface area contributed by atoms with Gasteiger partial charge in [0, 0.05) is 5.56 Å². The maximum atomic E-state index is 9.44. The predicted octanol–water partition coefficient (Wildman–Crippen LogP) is 2.76. The molecule has 3 nitrogen and oxygen atoms in total. The van der Waals surface area contributed by atoms with Gasteiger partial charge in [-0.25, -0.2) is 0 Å². The second-order valence-electron chi connectivity index (χ2n) is 4.57. The van der Waals surface area contributed by atoms with Gasteiger partial charge in [0.05, 0.1) is 11.4 Å². The Hall–Kier alpha value is -1.64. The molecule has 16 heavy (non-hydrogen) atoms. The zero-order chi connectivity index (χ0) is 11.7. The van der Waals surface area contributed by atoms with Crippen LogP contribution in [0.15, 0.2) is 18.2 Å². The van der Waals surface area contributed by atoms with Crippen LogP contribution in [-0.4, -0.2) is 5.11 Å². The first kappa shape index (κ1) is 10.9. The van der Waals surface area contributed by atoms with Gasteiger partial charge >= 0.3 is 0 Å². The monoisotopic (exact) mass is 218 g/mol. The fraction of sp³-hybridized carbons (Fsp3) is 0.385. The smallest absolute Gasteiger partial charge is 0.140 e. The minimum atomic E-state index is 0.0611.